The van der Waals surface area contributed by atoms with Crippen molar-refractivity contribution in [1.82, 2.24) is 5.06 Å². The largest absolute Gasteiger partial charge is 0.333 e. The van der Waals surface area contributed by atoms with Crippen LogP contribution in [0.15, 0.2) is 12.7 Å². The molecule has 0 N–H and O–H groups in total. The molecule has 0 aromatic heterocycles. The zero-order valence-electron chi connectivity index (χ0n) is 9.08. The monoisotopic (exact) mass is 197 g/mol. The van der Waals surface area contributed by atoms with Crippen LogP contribution in [0, 0.1) is 0 Å². The second-order valence-corrected chi connectivity index (χ2v) is 4.73. The van der Waals surface area contributed by atoms with Gasteiger partial charge in [0.2, 0.25) is 0 Å². The summed E-state index contributed by atoms with van der Waals surface area (Å²) >= 11 is 0. The minimum atomic E-state index is -0.356. The standard InChI is InChI=1S/C11H19NO2/c1-4-5-6-7-8-11-12(14-11)10(2,3)9-13-11/h4H,1,5-9H2,2-3H3. The van der Waals surface area contributed by atoms with Gasteiger partial charge in [-0.3, -0.25) is 0 Å². The highest BCUT2D eigenvalue weighted by Crippen LogP contribution is 2.51. The molecule has 0 amide bonds. The Hall–Kier alpha value is -0.380. The lowest BCUT2D eigenvalue weighted by molar-refractivity contribution is -0.0667. The highest BCUT2D eigenvalue weighted by Gasteiger charge is 2.67. The molecule has 2 saturated heterocycles. The molecule has 0 radical (unpaired) electrons. The van der Waals surface area contributed by atoms with Crippen LogP contribution in [0.1, 0.15) is 39.5 Å². The van der Waals surface area contributed by atoms with E-state index in [1.165, 1.54) is 6.42 Å². The van der Waals surface area contributed by atoms with Gasteiger partial charge in [-0.15, -0.1) is 11.6 Å². The minimum absolute atomic E-state index is 0.0540. The second kappa shape index (κ2) is 3.33. The summed E-state index contributed by atoms with van der Waals surface area (Å²) in [7, 11) is 0. The average Bonchev–Trinajstić information content (AvgIpc) is 2.81. The first kappa shape index (κ1) is 10.1. The molecular formula is C11H19NO2. The summed E-state index contributed by atoms with van der Waals surface area (Å²) in [5, 5.41) is 1.99. The lowest BCUT2D eigenvalue weighted by Gasteiger charge is -2.15. The van der Waals surface area contributed by atoms with Crippen LogP contribution in [0.2, 0.25) is 0 Å². The van der Waals surface area contributed by atoms with Crippen molar-refractivity contribution in [3.8, 4) is 0 Å². The summed E-state index contributed by atoms with van der Waals surface area (Å²) in [5.41, 5.74) is 0.0540. The highest BCUT2D eigenvalue weighted by molar-refractivity contribution is 4.96. The van der Waals surface area contributed by atoms with Gasteiger partial charge in [-0.05, 0) is 33.1 Å². The van der Waals surface area contributed by atoms with Crippen molar-refractivity contribution in [1.29, 1.82) is 0 Å². The van der Waals surface area contributed by atoms with E-state index in [2.05, 4.69) is 20.4 Å². The molecule has 2 rings (SSSR count). The normalized spacial score (nSPS) is 38.0. The van der Waals surface area contributed by atoms with Gasteiger partial charge in [0.15, 0.2) is 0 Å². The topological polar surface area (TPSA) is 24.8 Å². The van der Waals surface area contributed by atoms with E-state index in [1.807, 2.05) is 11.1 Å². The zero-order valence-corrected chi connectivity index (χ0v) is 9.08. The van der Waals surface area contributed by atoms with Gasteiger partial charge in [0.1, 0.15) is 0 Å². The summed E-state index contributed by atoms with van der Waals surface area (Å²) in [6.07, 6.45) is 6.33. The van der Waals surface area contributed by atoms with Crippen molar-refractivity contribution in [3.05, 3.63) is 12.7 Å². The number of unbranched alkanes of at least 4 members (excludes halogenated alkanes) is 2. The van der Waals surface area contributed by atoms with E-state index >= 15 is 0 Å². The van der Waals surface area contributed by atoms with Crippen LogP contribution in [0.5, 0.6) is 0 Å². The van der Waals surface area contributed by atoms with Crippen LogP contribution < -0.4 is 0 Å². The Bertz CT molecular complexity index is 239. The van der Waals surface area contributed by atoms with Crippen molar-refractivity contribution in [2.75, 3.05) is 6.61 Å². The highest BCUT2D eigenvalue weighted by atomic mass is 17.0. The maximum atomic E-state index is 5.69. The maximum absolute atomic E-state index is 5.69. The number of rotatable bonds is 5. The summed E-state index contributed by atoms with van der Waals surface area (Å²) in [4.78, 5) is 5.52. The number of hydroxylamine groups is 2. The number of allylic oxidation sites excluding steroid dienone is 1. The van der Waals surface area contributed by atoms with Crippen LogP contribution in [-0.4, -0.2) is 23.1 Å². The average molecular weight is 197 g/mol. The Balaban J connectivity index is 1.76. The maximum Gasteiger partial charge on any atom is 0.270 e. The molecule has 0 aromatic rings. The molecule has 2 aliphatic rings. The number of hydrogen-bond donors (Lipinski definition) is 0. The van der Waals surface area contributed by atoms with Crippen molar-refractivity contribution >= 4 is 0 Å². The van der Waals surface area contributed by atoms with Gasteiger partial charge in [-0.2, -0.15) is 0 Å². The molecule has 2 atom stereocenters. The first-order valence-electron chi connectivity index (χ1n) is 5.35. The Labute approximate surface area is 85.6 Å². The fourth-order valence-corrected chi connectivity index (χ4v) is 2.00. The predicted octanol–water partition coefficient (Wildman–Crippen LogP) is 2.44. The summed E-state index contributed by atoms with van der Waals surface area (Å²) < 4.78 is 5.69. The quantitative estimate of drug-likeness (QED) is 0.384. The molecule has 80 valence electrons. The van der Waals surface area contributed by atoms with E-state index < -0.39 is 0 Å². The SMILES string of the molecule is C=CCCCCC12OCC(C)(C)N1O2. The van der Waals surface area contributed by atoms with E-state index in [-0.39, 0.29) is 11.4 Å². The Morgan fingerprint density at radius 3 is 2.71 bits per heavy atom. The van der Waals surface area contributed by atoms with E-state index in [1.54, 1.807) is 0 Å². The molecule has 0 bridgehead atoms. The van der Waals surface area contributed by atoms with Crippen LogP contribution in [0.3, 0.4) is 0 Å². The third kappa shape index (κ3) is 1.60. The summed E-state index contributed by atoms with van der Waals surface area (Å²) in [6, 6.07) is 0. The van der Waals surface area contributed by atoms with Gasteiger partial charge >= 0.3 is 0 Å². The number of ether oxygens (including phenoxy) is 1. The predicted molar refractivity (Wildman–Crippen MR) is 54.4 cm³/mol. The molecule has 2 unspecified atom stereocenters. The van der Waals surface area contributed by atoms with E-state index in [9.17, 15) is 0 Å². The van der Waals surface area contributed by atoms with Crippen molar-refractivity contribution < 1.29 is 9.57 Å². The lowest BCUT2D eigenvalue weighted by atomic mass is 10.1. The number of fused-ring (bicyclic) bond motifs is 1. The van der Waals surface area contributed by atoms with Crippen LogP contribution in [-0.2, 0) is 9.57 Å². The minimum Gasteiger partial charge on any atom is -0.333 e. The molecule has 0 aliphatic carbocycles. The molecule has 2 aliphatic heterocycles. The fraction of sp³-hybridized carbons (Fsp3) is 0.818. The Kier molecular flexibility index (Phi) is 2.41. The first-order valence-corrected chi connectivity index (χ1v) is 5.35. The van der Waals surface area contributed by atoms with Crippen LogP contribution in [0.4, 0.5) is 0 Å². The molecule has 2 heterocycles. The number of nitrogens with zero attached hydrogens (tertiary/aromatic N) is 1. The van der Waals surface area contributed by atoms with E-state index in [0.29, 0.717) is 0 Å². The van der Waals surface area contributed by atoms with Crippen LogP contribution >= 0.6 is 0 Å². The third-order valence-corrected chi connectivity index (χ3v) is 2.86. The van der Waals surface area contributed by atoms with Gasteiger partial charge in [0.05, 0.1) is 12.1 Å². The van der Waals surface area contributed by atoms with E-state index in [0.717, 1.165) is 25.9 Å². The molecule has 2 fully saturated rings. The molecule has 3 heteroatoms. The molecule has 3 nitrogen and oxygen atoms in total. The third-order valence-electron chi connectivity index (χ3n) is 2.86. The van der Waals surface area contributed by atoms with Crippen molar-refractivity contribution in [3.63, 3.8) is 0 Å². The summed E-state index contributed by atoms with van der Waals surface area (Å²) in [5.74, 6) is -0.356. The van der Waals surface area contributed by atoms with Gasteiger partial charge in [-0.25, -0.2) is 4.84 Å². The first-order chi connectivity index (χ1) is 6.61. The van der Waals surface area contributed by atoms with Gasteiger partial charge in [0, 0.05) is 6.42 Å². The van der Waals surface area contributed by atoms with Gasteiger partial charge < -0.3 is 4.74 Å². The molecular weight excluding hydrogens is 178 g/mol. The lowest BCUT2D eigenvalue weighted by Crippen LogP contribution is -2.30. The molecule has 14 heavy (non-hydrogen) atoms. The Morgan fingerprint density at radius 2 is 2.21 bits per heavy atom. The Morgan fingerprint density at radius 1 is 1.43 bits per heavy atom. The summed E-state index contributed by atoms with van der Waals surface area (Å²) in [6.45, 7) is 8.77. The molecule has 0 saturated carbocycles. The fourth-order valence-electron chi connectivity index (χ4n) is 2.00. The van der Waals surface area contributed by atoms with Gasteiger partial charge in [-0.1, -0.05) is 6.08 Å². The van der Waals surface area contributed by atoms with Crippen molar-refractivity contribution in [2.45, 2.75) is 51.0 Å². The second-order valence-electron chi connectivity index (χ2n) is 4.73. The van der Waals surface area contributed by atoms with E-state index in [4.69, 9.17) is 9.57 Å². The van der Waals surface area contributed by atoms with Gasteiger partial charge in [0.25, 0.3) is 5.91 Å². The molecule has 0 aromatic carbocycles. The zero-order chi connectivity index (χ0) is 10.2. The number of hydrogen-bond acceptors (Lipinski definition) is 3. The van der Waals surface area contributed by atoms with Crippen molar-refractivity contribution in [2.24, 2.45) is 0 Å². The smallest absolute Gasteiger partial charge is 0.270 e. The molecule has 0 spiro atoms. The van der Waals surface area contributed by atoms with Crippen LogP contribution in [0.25, 0.3) is 0 Å².